The Bertz CT molecular complexity index is 1580. The molecular weight excluding hydrogens is 578 g/mol. The Labute approximate surface area is 240 Å². The van der Waals surface area contributed by atoms with Crippen LogP contribution in [0.3, 0.4) is 0 Å². The molecule has 0 saturated carbocycles. The number of carbonyl (C=O) groups is 2. The molecule has 1 amide bonds. The minimum atomic E-state index is -1.08. The third-order valence-electron chi connectivity index (χ3n) is 6.11. The SMILES string of the molecule is COc1cc(C2C(C(=O)c3cccs3)=C(O)C(=O)N2c2nnc(SCc3ccccc3F)s2)cc(OC)c1OC. The second-order valence-electron chi connectivity index (χ2n) is 8.34. The van der Waals surface area contributed by atoms with Crippen LogP contribution in [0.1, 0.15) is 26.8 Å². The fourth-order valence-corrected chi connectivity index (χ4v) is 6.79. The van der Waals surface area contributed by atoms with Crippen LogP contribution in [0.15, 0.2) is 69.6 Å². The van der Waals surface area contributed by atoms with Crippen molar-refractivity contribution in [1.82, 2.24) is 10.2 Å². The smallest absolute Gasteiger partial charge is 0.296 e. The highest BCUT2D eigenvalue weighted by molar-refractivity contribution is 8.00. The quantitative estimate of drug-likeness (QED) is 0.137. The summed E-state index contributed by atoms with van der Waals surface area (Å²) in [5, 5.41) is 21.3. The molecule has 13 heteroatoms. The number of benzene rings is 2. The van der Waals surface area contributed by atoms with E-state index in [0.717, 1.165) is 11.3 Å². The number of carbonyl (C=O) groups excluding carboxylic acids is 2. The summed E-state index contributed by atoms with van der Waals surface area (Å²) in [6.07, 6.45) is 0. The number of methoxy groups -OCH3 is 3. The van der Waals surface area contributed by atoms with Gasteiger partial charge in [-0.15, -0.1) is 21.5 Å². The van der Waals surface area contributed by atoms with Gasteiger partial charge in [-0.3, -0.25) is 14.5 Å². The first-order valence-electron chi connectivity index (χ1n) is 11.7. The lowest BCUT2D eigenvalue weighted by molar-refractivity contribution is -0.117. The zero-order valence-electron chi connectivity index (χ0n) is 21.4. The predicted molar refractivity (Wildman–Crippen MR) is 150 cm³/mol. The molecule has 0 radical (unpaired) electrons. The van der Waals surface area contributed by atoms with Crippen molar-refractivity contribution in [2.24, 2.45) is 0 Å². The standard InChI is InChI=1S/C27H22FN3O6S3/c1-35-17-11-15(12-18(36-2)24(17)37-3)21-20(22(32)19-9-6-10-38-19)23(33)25(34)31(21)26-29-30-27(40-26)39-13-14-7-4-5-8-16(14)28/h4-12,21,33H,13H2,1-3H3. The number of Topliss-reactive ketones (excluding diaryl/α,β-unsaturated/α-hetero) is 1. The molecule has 3 heterocycles. The minimum absolute atomic E-state index is 0.113. The number of rotatable bonds is 10. The lowest BCUT2D eigenvalue weighted by atomic mass is 9.95. The molecule has 0 aliphatic carbocycles. The molecule has 2 aromatic carbocycles. The van der Waals surface area contributed by atoms with Crippen molar-refractivity contribution in [3.8, 4) is 17.2 Å². The first-order chi connectivity index (χ1) is 19.4. The van der Waals surface area contributed by atoms with E-state index in [0.29, 0.717) is 43.3 Å². The van der Waals surface area contributed by atoms with E-state index in [9.17, 15) is 19.1 Å². The molecule has 9 nitrogen and oxygen atoms in total. The van der Waals surface area contributed by atoms with Crippen LogP contribution in [-0.2, 0) is 10.5 Å². The number of hydrogen-bond donors (Lipinski definition) is 1. The Hall–Kier alpha value is -3.94. The van der Waals surface area contributed by atoms with Gasteiger partial charge in [-0.25, -0.2) is 4.39 Å². The van der Waals surface area contributed by atoms with Crippen molar-refractivity contribution in [1.29, 1.82) is 0 Å². The average Bonchev–Trinajstić information content (AvgIpc) is 3.72. The molecule has 0 spiro atoms. The average molecular weight is 600 g/mol. The van der Waals surface area contributed by atoms with E-state index in [-0.39, 0.29) is 16.5 Å². The number of ether oxygens (including phenoxy) is 3. The third kappa shape index (κ3) is 5.03. The Balaban J connectivity index is 1.57. The lowest BCUT2D eigenvalue weighted by Gasteiger charge is -2.25. The molecule has 0 fully saturated rings. The Morgan fingerprint density at radius 1 is 1.07 bits per heavy atom. The highest BCUT2D eigenvalue weighted by atomic mass is 32.2. The maximum Gasteiger partial charge on any atom is 0.296 e. The van der Waals surface area contributed by atoms with Crippen LogP contribution in [0.5, 0.6) is 17.2 Å². The topological polar surface area (TPSA) is 111 Å². The van der Waals surface area contributed by atoms with Gasteiger partial charge in [-0.05, 0) is 40.8 Å². The molecule has 0 bridgehead atoms. The zero-order chi connectivity index (χ0) is 28.4. The molecule has 1 aliphatic rings. The second kappa shape index (κ2) is 11.7. The highest BCUT2D eigenvalue weighted by Gasteiger charge is 2.47. The van der Waals surface area contributed by atoms with Gasteiger partial charge in [0.2, 0.25) is 16.7 Å². The number of thioether (sulfide) groups is 1. The zero-order valence-corrected chi connectivity index (χ0v) is 23.9. The highest BCUT2D eigenvalue weighted by Crippen LogP contribution is 2.48. The van der Waals surface area contributed by atoms with Gasteiger partial charge < -0.3 is 19.3 Å². The van der Waals surface area contributed by atoms with E-state index in [4.69, 9.17) is 14.2 Å². The molecule has 5 rings (SSSR count). The van der Waals surface area contributed by atoms with Gasteiger partial charge in [0.25, 0.3) is 5.91 Å². The number of ketones is 1. The molecule has 40 heavy (non-hydrogen) atoms. The predicted octanol–water partition coefficient (Wildman–Crippen LogP) is 5.84. The molecule has 206 valence electrons. The van der Waals surface area contributed by atoms with E-state index in [1.54, 1.807) is 47.8 Å². The fraction of sp³-hybridized carbons (Fsp3) is 0.185. The third-order valence-corrected chi connectivity index (χ3v) is 9.08. The Kier molecular flexibility index (Phi) is 8.05. The van der Waals surface area contributed by atoms with Crippen LogP contribution >= 0.6 is 34.4 Å². The van der Waals surface area contributed by atoms with Crippen LogP contribution in [0.2, 0.25) is 0 Å². The summed E-state index contributed by atoms with van der Waals surface area (Å²) >= 11 is 3.54. The van der Waals surface area contributed by atoms with Crippen molar-refractivity contribution in [2.45, 2.75) is 16.1 Å². The molecule has 1 unspecified atom stereocenters. The van der Waals surface area contributed by atoms with Gasteiger partial charge in [0.15, 0.2) is 21.6 Å². The molecule has 1 aliphatic heterocycles. The number of aliphatic hydroxyl groups excluding tert-OH is 1. The monoisotopic (exact) mass is 599 g/mol. The van der Waals surface area contributed by atoms with Gasteiger partial charge in [-0.2, -0.15) is 0 Å². The molecule has 1 atom stereocenters. The summed E-state index contributed by atoms with van der Waals surface area (Å²) in [5.41, 5.74) is 0.806. The summed E-state index contributed by atoms with van der Waals surface area (Å²) in [4.78, 5) is 28.7. The second-order valence-corrected chi connectivity index (χ2v) is 11.5. The van der Waals surface area contributed by atoms with Crippen LogP contribution < -0.4 is 19.1 Å². The summed E-state index contributed by atoms with van der Waals surface area (Å²) in [6, 6.07) is 11.9. The minimum Gasteiger partial charge on any atom is -0.503 e. The van der Waals surface area contributed by atoms with E-state index in [1.807, 2.05) is 0 Å². The number of aliphatic hydroxyl groups is 1. The number of halogens is 1. The number of hydrogen-bond acceptors (Lipinski definition) is 11. The number of thiophene rings is 1. The van der Waals surface area contributed by atoms with Crippen molar-refractivity contribution in [2.75, 3.05) is 26.2 Å². The van der Waals surface area contributed by atoms with Crippen LogP contribution in [0, 0.1) is 5.82 Å². The fourth-order valence-electron chi connectivity index (χ4n) is 4.26. The normalized spacial score (nSPS) is 15.1. The van der Waals surface area contributed by atoms with Gasteiger partial charge in [0.1, 0.15) is 5.82 Å². The summed E-state index contributed by atoms with van der Waals surface area (Å²) in [5.74, 6) is -1.09. The van der Waals surface area contributed by atoms with E-state index in [1.165, 1.54) is 55.4 Å². The number of nitrogens with zero attached hydrogens (tertiary/aromatic N) is 3. The maximum absolute atomic E-state index is 14.1. The van der Waals surface area contributed by atoms with Crippen molar-refractivity contribution >= 4 is 51.3 Å². The van der Waals surface area contributed by atoms with Crippen LogP contribution in [0.25, 0.3) is 0 Å². The largest absolute Gasteiger partial charge is 0.503 e. The lowest BCUT2D eigenvalue weighted by Crippen LogP contribution is -2.31. The molecule has 1 N–H and O–H groups in total. The Morgan fingerprint density at radius 2 is 1.80 bits per heavy atom. The van der Waals surface area contributed by atoms with Crippen LogP contribution in [0.4, 0.5) is 9.52 Å². The number of aromatic nitrogens is 2. The van der Waals surface area contributed by atoms with Crippen molar-refractivity contribution in [3.05, 3.63) is 87.1 Å². The van der Waals surface area contributed by atoms with Gasteiger partial charge >= 0.3 is 0 Å². The molecular formula is C27H22FN3O6S3. The maximum atomic E-state index is 14.1. The molecule has 4 aromatic rings. The molecule has 2 aromatic heterocycles. The molecule has 0 saturated heterocycles. The summed E-state index contributed by atoms with van der Waals surface area (Å²) in [6.45, 7) is 0. The first kappa shape index (κ1) is 27.6. The Morgan fingerprint density at radius 3 is 2.42 bits per heavy atom. The van der Waals surface area contributed by atoms with Crippen LogP contribution in [-0.4, -0.2) is 48.3 Å². The van der Waals surface area contributed by atoms with Gasteiger partial charge in [0.05, 0.1) is 37.8 Å². The van der Waals surface area contributed by atoms with Crippen molar-refractivity contribution < 1.29 is 33.3 Å². The van der Waals surface area contributed by atoms with Crippen molar-refractivity contribution in [3.63, 3.8) is 0 Å². The number of amides is 1. The van der Waals surface area contributed by atoms with E-state index >= 15 is 0 Å². The first-order valence-corrected chi connectivity index (χ1v) is 14.4. The summed E-state index contributed by atoms with van der Waals surface area (Å²) < 4.78 is 31.0. The van der Waals surface area contributed by atoms with E-state index in [2.05, 4.69) is 10.2 Å². The van der Waals surface area contributed by atoms with Gasteiger partial charge in [-0.1, -0.05) is 47.4 Å². The number of anilines is 1. The summed E-state index contributed by atoms with van der Waals surface area (Å²) in [7, 11) is 4.37. The van der Waals surface area contributed by atoms with Gasteiger partial charge in [0, 0.05) is 5.75 Å². The van der Waals surface area contributed by atoms with E-state index < -0.39 is 23.5 Å².